The topological polar surface area (TPSA) is 38.3 Å². The molecule has 110 valence electrons. The Labute approximate surface area is 119 Å². The van der Waals surface area contributed by atoms with E-state index in [1.54, 1.807) is 0 Å². The van der Waals surface area contributed by atoms with Gasteiger partial charge in [0, 0.05) is 11.8 Å². The van der Waals surface area contributed by atoms with Crippen LogP contribution in [0.4, 0.5) is 18.9 Å². The fourth-order valence-electron chi connectivity index (χ4n) is 1.64. The number of benzene rings is 2. The number of hydrogen-bond acceptors (Lipinski definition) is 2. The normalized spacial score (nSPS) is 11.8. The highest BCUT2D eigenvalue weighted by molar-refractivity contribution is 5.94. The predicted octanol–water partition coefficient (Wildman–Crippen LogP) is 3.51. The maximum atomic E-state index is 13.0. The van der Waals surface area contributed by atoms with Crippen LogP contribution in [0, 0.1) is 17.5 Å². The second-order valence-corrected chi connectivity index (χ2v) is 4.36. The van der Waals surface area contributed by atoms with Gasteiger partial charge in [0.1, 0.15) is 23.2 Å². The molecule has 6 heteroatoms. The van der Waals surface area contributed by atoms with Crippen molar-refractivity contribution in [2.24, 2.45) is 0 Å². The van der Waals surface area contributed by atoms with E-state index in [2.05, 4.69) is 5.32 Å². The van der Waals surface area contributed by atoms with Crippen molar-refractivity contribution >= 4 is 11.6 Å². The fraction of sp³-hybridized carbons (Fsp3) is 0.133. The monoisotopic (exact) mass is 295 g/mol. The molecule has 2 aromatic carbocycles. The van der Waals surface area contributed by atoms with Gasteiger partial charge in [0.05, 0.1) is 0 Å². The minimum absolute atomic E-state index is 0.00736. The van der Waals surface area contributed by atoms with Gasteiger partial charge >= 0.3 is 0 Å². The molecule has 0 saturated carbocycles. The van der Waals surface area contributed by atoms with Crippen molar-refractivity contribution in [3.63, 3.8) is 0 Å². The van der Waals surface area contributed by atoms with Gasteiger partial charge in [-0.1, -0.05) is 0 Å². The van der Waals surface area contributed by atoms with Crippen molar-refractivity contribution in [1.82, 2.24) is 0 Å². The summed E-state index contributed by atoms with van der Waals surface area (Å²) in [6.07, 6.45) is -0.915. The zero-order chi connectivity index (χ0) is 15.4. The van der Waals surface area contributed by atoms with Crippen LogP contribution in [0.3, 0.4) is 0 Å². The maximum absolute atomic E-state index is 13.0. The minimum atomic E-state index is -0.915. The largest absolute Gasteiger partial charge is 0.481 e. The van der Waals surface area contributed by atoms with Crippen LogP contribution in [0.1, 0.15) is 6.92 Å². The minimum Gasteiger partial charge on any atom is -0.481 e. The molecule has 21 heavy (non-hydrogen) atoms. The summed E-state index contributed by atoms with van der Waals surface area (Å²) in [4.78, 5) is 11.9. The Balaban J connectivity index is 2.00. The van der Waals surface area contributed by atoms with Gasteiger partial charge in [0.25, 0.3) is 5.91 Å². The van der Waals surface area contributed by atoms with E-state index >= 15 is 0 Å². The molecule has 0 aliphatic rings. The lowest BCUT2D eigenvalue weighted by atomic mass is 10.2. The first-order chi connectivity index (χ1) is 9.94. The first-order valence-corrected chi connectivity index (χ1v) is 6.13. The Morgan fingerprint density at radius 2 is 1.57 bits per heavy atom. The van der Waals surface area contributed by atoms with Crippen LogP contribution >= 0.6 is 0 Å². The summed E-state index contributed by atoms with van der Waals surface area (Å²) >= 11 is 0. The van der Waals surface area contributed by atoms with Gasteiger partial charge in [-0.25, -0.2) is 13.2 Å². The van der Waals surface area contributed by atoms with Crippen LogP contribution in [0.25, 0.3) is 0 Å². The SMILES string of the molecule is CC(Oc1ccc(F)cc1)C(=O)Nc1cc(F)cc(F)c1. The molecule has 0 fully saturated rings. The highest BCUT2D eigenvalue weighted by Gasteiger charge is 2.15. The van der Waals surface area contributed by atoms with E-state index < -0.39 is 29.5 Å². The zero-order valence-corrected chi connectivity index (χ0v) is 11.1. The highest BCUT2D eigenvalue weighted by atomic mass is 19.1. The number of amides is 1. The molecule has 2 aromatic rings. The van der Waals surface area contributed by atoms with Crippen molar-refractivity contribution in [1.29, 1.82) is 0 Å². The lowest BCUT2D eigenvalue weighted by molar-refractivity contribution is -0.122. The number of ether oxygens (including phenoxy) is 1. The molecular formula is C15H12F3NO2. The Kier molecular flexibility index (Phi) is 4.47. The summed E-state index contributed by atoms with van der Waals surface area (Å²) in [7, 11) is 0. The number of carbonyl (C=O) groups excluding carboxylic acids is 1. The maximum Gasteiger partial charge on any atom is 0.265 e. The lowest BCUT2D eigenvalue weighted by Gasteiger charge is -2.14. The van der Waals surface area contributed by atoms with Crippen molar-refractivity contribution in [2.75, 3.05) is 5.32 Å². The van der Waals surface area contributed by atoms with Crippen LogP contribution in [-0.4, -0.2) is 12.0 Å². The van der Waals surface area contributed by atoms with Crippen LogP contribution in [0.15, 0.2) is 42.5 Å². The average Bonchev–Trinajstić information content (AvgIpc) is 2.40. The third-order valence-electron chi connectivity index (χ3n) is 2.63. The van der Waals surface area contributed by atoms with Gasteiger partial charge in [-0.2, -0.15) is 0 Å². The predicted molar refractivity (Wildman–Crippen MR) is 71.5 cm³/mol. The molecular weight excluding hydrogens is 283 g/mol. The van der Waals surface area contributed by atoms with Crippen molar-refractivity contribution in [2.45, 2.75) is 13.0 Å². The van der Waals surface area contributed by atoms with Gasteiger partial charge in [0.2, 0.25) is 0 Å². The van der Waals surface area contributed by atoms with E-state index in [1.807, 2.05) is 0 Å². The number of hydrogen-bond donors (Lipinski definition) is 1. The quantitative estimate of drug-likeness (QED) is 0.937. The molecule has 0 saturated heterocycles. The van der Waals surface area contributed by atoms with E-state index in [0.717, 1.165) is 12.1 Å². The Morgan fingerprint density at radius 3 is 2.14 bits per heavy atom. The second-order valence-electron chi connectivity index (χ2n) is 4.36. The molecule has 0 heterocycles. The molecule has 0 radical (unpaired) electrons. The molecule has 2 rings (SSSR count). The molecule has 0 aliphatic carbocycles. The van der Waals surface area contributed by atoms with Gasteiger partial charge in [-0.15, -0.1) is 0 Å². The summed E-state index contributed by atoms with van der Waals surface area (Å²) in [6.45, 7) is 1.47. The summed E-state index contributed by atoms with van der Waals surface area (Å²) in [5.74, 6) is -2.28. The molecule has 0 spiro atoms. The Hall–Kier alpha value is -2.50. The second kappa shape index (κ2) is 6.30. The van der Waals surface area contributed by atoms with E-state index in [9.17, 15) is 18.0 Å². The number of halogens is 3. The summed E-state index contributed by atoms with van der Waals surface area (Å²) in [5, 5.41) is 2.34. The summed E-state index contributed by atoms with van der Waals surface area (Å²) in [5.41, 5.74) is -0.00736. The molecule has 0 bridgehead atoms. The Morgan fingerprint density at radius 1 is 1.00 bits per heavy atom. The molecule has 1 amide bonds. The number of rotatable bonds is 4. The van der Waals surface area contributed by atoms with Crippen molar-refractivity contribution in [3.8, 4) is 5.75 Å². The third-order valence-corrected chi connectivity index (χ3v) is 2.63. The van der Waals surface area contributed by atoms with Crippen molar-refractivity contribution < 1.29 is 22.7 Å². The standard InChI is InChI=1S/C15H12F3NO2/c1-9(21-14-4-2-10(16)3-5-14)15(20)19-13-7-11(17)6-12(18)8-13/h2-9H,1H3,(H,19,20). The van der Waals surface area contributed by atoms with Crippen molar-refractivity contribution in [3.05, 3.63) is 59.9 Å². The average molecular weight is 295 g/mol. The van der Waals surface area contributed by atoms with E-state index in [-0.39, 0.29) is 5.69 Å². The fourth-order valence-corrected chi connectivity index (χ4v) is 1.64. The van der Waals surface area contributed by atoms with Crippen LogP contribution in [-0.2, 0) is 4.79 Å². The number of anilines is 1. The van der Waals surface area contributed by atoms with Crippen LogP contribution in [0.5, 0.6) is 5.75 Å². The smallest absolute Gasteiger partial charge is 0.265 e. The highest BCUT2D eigenvalue weighted by Crippen LogP contribution is 2.16. The lowest BCUT2D eigenvalue weighted by Crippen LogP contribution is -2.30. The van der Waals surface area contributed by atoms with E-state index in [4.69, 9.17) is 4.74 Å². The van der Waals surface area contributed by atoms with Crippen LogP contribution in [0.2, 0.25) is 0 Å². The summed E-state index contributed by atoms with van der Waals surface area (Å²) in [6, 6.07) is 7.83. The molecule has 0 aromatic heterocycles. The Bertz CT molecular complexity index is 624. The van der Waals surface area contributed by atoms with E-state index in [0.29, 0.717) is 11.8 Å². The van der Waals surface area contributed by atoms with Gasteiger partial charge in [-0.3, -0.25) is 4.79 Å². The van der Waals surface area contributed by atoms with E-state index in [1.165, 1.54) is 31.2 Å². The third kappa shape index (κ3) is 4.24. The number of carbonyl (C=O) groups is 1. The van der Waals surface area contributed by atoms with Gasteiger partial charge in [0.15, 0.2) is 6.10 Å². The van der Waals surface area contributed by atoms with Crippen LogP contribution < -0.4 is 10.1 Å². The number of nitrogens with one attached hydrogen (secondary N) is 1. The first-order valence-electron chi connectivity index (χ1n) is 6.13. The molecule has 1 atom stereocenters. The van der Waals surface area contributed by atoms with Gasteiger partial charge < -0.3 is 10.1 Å². The molecule has 1 N–H and O–H groups in total. The molecule has 1 unspecified atom stereocenters. The summed E-state index contributed by atoms with van der Waals surface area (Å²) < 4.78 is 44.0. The molecule has 0 aliphatic heterocycles. The zero-order valence-electron chi connectivity index (χ0n) is 11.1. The van der Waals surface area contributed by atoms with Gasteiger partial charge in [-0.05, 0) is 43.3 Å². The molecule has 3 nitrogen and oxygen atoms in total. The first kappa shape index (κ1) is 14.9.